The summed E-state index contributed by atoms with van der Waals surface area (Å²) in [6.45, 7) is 0.451. The molecule has 0 bridgehead atoms. The number of aromatic hydroxyl groups is 1. The molecule has 2 aromatic carbocycles. The molecule has 0 fully saturated rings. The van der Waals surface area contributed by atoms with Crippen LogP contribution in [0.25, 0.3) is 22.8 Å². The molecular weight excluding hydrogens is 272 g/mol. The number of nitrogens with two attached hydrogens (primary N) is 1. The van der Waals surface area contributed by atoms with Gasteiger partial charge in [0.05, 0.1) is 6.54 Å². The Bertz CT molecular complexity index is 1040. The Balaban J connectivity index is 2.06. The SMILES string of the molecule is NC1=Cc2c3c4c(c(O)c2=NC1)-c1ccccc1C=4C=CC3. The van der Waals surface area contributed by atoms with Crippen LogP contribution in [-0.4, -0.2) is 11.7 Å². The van der Waals surface area contributed by atoms with Crippen molar-refractivity contribution in [1.29, 1.82) is 0 Å². The molecule has 3 heteroatoms. The Morgan fingerprint density at radius 2 is 1.95 bits per heavy atom. The summed E-state index contributed by atoms with van der Waals surface area (Å²) >= 11 is 0. The summed E-state index contributed by atoms with van der Waals surface area (Å²) in [7, 11) is 0. The minimum atomic E-state index is 0.287. The van der Waals surface area contributed by atoms with Gasteiger partial charge >= 0.3 is 0 Å². The van der Waals surface area contributed by atoms with Crippen LogP contribution in [0, 0.1) is 0 Å². The van der Waals surface area contributed by atoms with Gasteiger partial charge in [0, 0.05) is 16.8 Å². The average Bonchev–Trinajstić information content (AvgIpc) is 2.88. The van der Waals surface area contributed by atoms with Gasteiger partial charge in [-0.1, -0.05) is 36.4 Å². The van der Waals surface area contributed by atoms with Crippen molar-refractivity contribution < 1.29 is 5.11 Å². The predicted molar refractivity (Wildman–Crippen MR) is 86.7 cm³/mol. The second-order valence-electron chi connectivity index (χ2n) is 5.94. The van der Waals surface area contributed by atoms with Gasteiger partial charge in [-0.05, 0) is 40.0 Å². The van der Waals surface area contributed by atoms with Gasteiger partial charge in [-0.3, -0.25) is 4.99 Å². The third-order valence-corrected chi connectivity index (χ3v) is 4.71. The largest absolute Gasteiger partial charge is 0.505 e. The number of benzene rings is 2. The van der Waals surface area contributed by atoms with E-state index in [4.69, 9.17) is 5.73 Å². The summed E-state index contributed by atoms with van der Waals surface area (Å²) in [6, 6.07) is 8.24. The predicted octanol–water partition coefficient (Wildman–Crippen LogP) is 1.62. The van der Waals surface area contributed by atoms with E-state index in [9.17, 15) is 5.11 Å². The lowest BCUT2D eigenvalue weighted by Gasteiger charge is -2.16. The van der Waals surface area contributed by atoms with E-state index in [1.165, 1.54) is 16.7 Å². The van der Waals surface area contributed by atoms with Gasteiger partial charge in [0.1, 0.15) is 11.1 Å². The first-order valence-corrected chi connectivity index (χ1v) is 7.44. The molecule has 2 aliphatic carbocycles. The lowest BCUT2D eigenvalue weighted by Crippen LogP contribution is -2.27. The molecule has 0 aromatic heterocycles. The number of rotatable bonds is 0. The Kier molecular flexibility index (Phi) is 2.09. The van der Waals surface area contributed by atoms with Crippen molar-refractivity contribution >= 4 is 11.6 Å². The zero-order valence-corrected chi connectivity index (χ0v) is 11.9. The second-order valence-corrected chi connectivity index (χ2v) is 5.94. The van der Waals surface area contributed by atoms with Crippen LogP contribution < -0.4 is 16.3 Å². The number of hydrogen-bond acceptors (Lipinski definition) is 3. The number of allylic oxidation sites excluding steroid dienone is 2. The van der Waals surface area contributed by atoms with Crippen LogP contribution in [0.1, 0.15) is 16.7 Å². The molecule has 2 aromatic rings. The Hall–Kier alpha value is -2.81. The average molecular weight is 286 g/mol. The minimum absolute atomic E-state index is 0.287. The van der Waals surface area contributed by atoms with Gasteiger partial charge in [0.25, 0.3) is 0 Å². The second kappa shape index (κ2) is 3.89. The molecule has 0 amide bonds. The molecule has 22 heavy (non-hydrogen) atoms. The monoisotopic (exact) mass is 286 g/mol. The summed E-state index contributed by atoms with van der Waals surface area (Å²) in [6.07, 6.45) is 7.16. The molecule has 0 radical (unpaired) electrons. The van der Waals surface area contributed by atoms with Crippen molar-refractivity contribution in [1.82, 2.24) is 0 Å². The highest BCUT2D eigenvalue weighted by Gasteiger charge is 2.28. The van der Waals surface area contributed by atoms with Crippen molar-refractivity contribution in [3.63, 3.8) is 0 Å². The number of fused-ring (bicyclic) bond motifs is 5. The van der Waals surface area contributed by atoms with Crippen molar-refractivity contribution in [3.8, 4) is 16.9 Å². The van der Waals surface area contributed by atoms with E-state index < -0.39 is 0 Å². The molecule has 0 unspecified atom stereocenters. The lowest BCUT2D eigenvalue weighted by molar-refractivity contribution is 0.468. The van der Waals surface area contributed by atoms with Crippen molar-refractivity contribution in [2.24, 2.45) is 10.7 Å². The van der Waals surface area contributed by atoms with E-state index in [2.05, 4.69) is 29.3 Å². The summed E-state index contributed by atoms with van der Waals surface area (Å²) in [5, 5.41) is 12.7. The molecule has 1 aliphatic heterocycles. The molecule has 0 atom stereocenters. The number of nitrogens with zero attached hydrogens (tertiary/aromatic N) is 1. The van der Waals surface area contributed by atoms with Crippen molar-refractivity contribution in [3.05, 3.63) is 69.4 Å². The highest BCUT2D eigenvalue weighted by Crippen LogP contribution is 2.38. The van der Waals surface area contributed by atoms with E-state index in [0.717, 1.165) is 34.0 Å². The third-order valence-electron chi connectivity index (χ3n) is 4.71. The maximum atomic E-state index is 10.8. The van der Waals surface area contributed by atoms with Crippen molar-refractivity contribution in [2.45, 2.75) is 6.42 Å². The van der Waals surface area contributed by atoms with Gasteiger partial charge in [0.2, 0.25) is 0 Å². The zero-order valence-electron chi connectivity index (χ0n) is 11.9. The molecule has 0 saturated carbocycles. The number of phenolic OH excluding ortho intramolecular Hbond substituents is 1. The molecule has 0 spiro atoms. The fourth-order valence-corrected chi connectivity index (χ4v) is 3.82. The highest BCUT2D eigenvalue weighted by molar-refractivity contribution is 5.97. The number of phenols is 1. The summed E-state index contributed by atoms with van der Waals surface area (Å²) < 4.78 is 0. The topological polar surface area (TPSA) is 58.6 Å². The van der Waals surface area contributed by atoms with E-state index >= 15 is 0 Å². The molecule has 3 N–H and O–H groups in total. The standard InChI is InChI=1S/C19H14N2O/c20-10-8-15-14-7-3-6-12-11-4-1-2-5-13(11)17(16(12)14)19(22)18(15)21-9-10/h1-6,8,22H,7,9,20H2. The fourth-order valence-electron chi connectivity index (χ4n) is 3.82. The van der Waals surface area contributed by atoms with Crippen LogP contribution in [0.4, 0.5) is 0 Å². The van der Waals surface area contributed by atoms with Gasteiger partial charge in [-0.2, -0.15) is 0 Å². The molecule has 1 heterocycles. The van der Waals surface area contributed by atoms with Crippen LogP contribution >= 0.6 is 0 Å². The van der Waals surface area contributed by atoms with Gasteiger partial charge in [0.15, 0.2) is 0 Å². The maximum Gasteiger partial charge on any atom is 0.149 e. The fraction of sp³-hybridized carbons (Fsp3) is 0.105. The molecule has 3 nitrogen and oxygen atoms in total. The summed E-state index contributed by atoms with van der Waals surface area (Å²) in [5.74, 6) is 0.287. The first kappa shape index (κ1) is 11.8. The van der Waals surface area contributed by atoms with Gasteiger partial charge < -0.3 is 10.8 Å². The molecule has 3 aliphatic rings. The quantitative estimate of drug-likeness (QED) is 0.773. The molecular formula is C19H14N2O. The molecule has 106 valence electrons. The summed E-state index contributed by atoms with van der Waals surface area (Å²) in [5.41, 5.74) is 13.3. The highest BCUT2D eigenvalue weighted by atomic mass is 16.3. The Morgan fingerprint density at radius 3 is 2.82 bits per heavy atom. The zero-order chi connectivity index (χ0) is 14.8. The lowest BCUT2D eigenvalue weighted by atomic mass is 9.91. The van der Waals surface area contributed by atoms with E-state index in [1.807, 2.05) is 18.2 Å². The van der Waals surface area contributed by atoms with Crippen molar-refractivity contribution in [2.75, 3.05) is 6.54 Å². The van der Waals surface area contributed by atoms with E-state index in [0.29, 0.717) is 11.9 Å². The van der Waals surface area contributed by atoms with Crippen LogP contribution in [0.2, 0.25) is 0 Å². The normalized spacial score (nSPS) is 16.5. The van der Waals surface area contributed by atoms with E-state index in [-0.39, 0.29) is 5.75 Å². The van der Waals surface area contributed by atoms with Crippen LogP contribution in [0.3, 0.4) is 0 Å². The Morgan fingerprint density at radius 1 is 1.14 bits per heavy atom. The number of hydrogen-bond donors (Lipinski definition) is 2. The first-order chi connectivity index (χ1) is 10.8. The summed E-state index contributed by atoms with van der Waals surface area (Å²) in [4.78, 5) is 4.51. The maximum absolute atomic E-state index is 10.8. The van der Waals surface area contributed by atoms with E-state index in [1.54, 1.807) is 0 Å². The van der Waals surface area contributed by atoms with Gasteiger partial charge in [-0.15, -0.1) is 0 Å². The molecule has 5 rings (SSSR count). The molecule has 0 saturated heterocycles. The van der Waals surface area contributed by atoms with Crippen LogP contribution in [0.5, 0.6) is 5.75 Å². The Labute approximate surface area is 127 Å². The van der Waals surface area contributed by atoms with Gasteiger partial charge in [-0.25, -0.2) is 0 Å². The third kappa shape index (κ3) is 1.29. The van der Waals surface area contributed by atoms with Crippen LogP contribution in [-0.2, 0) is 6.42 Å². The minimum Gasteiger partial charge on any atom is -0.505 e. The van der Waals surface area contributed by atoms with Crippen LogP contribution in [0.15, 0.2) is 47.1 Å². The smallest absolute Gasteiger partial charge is 0.149 e. The first-order valence-electron chi connectivity index (χ1n) is 7.44.